The van der Waals surface area contributed by atoms with Crippen molar-refractivity contribution in [2.75, 3.05) is 46.6 Å². The molecular weight excluding hydrogens is 314 g/mol. The lowest BCUT2D eigenvalue weighted by Gasteiger charge is -2.11. The summed E-state index contributed by atoms with van der Waals surface area (Å²) in [4.78, 5) is 4.54. The molecule has 0 fully saturated rings. The van der Waals surface area contributed by atoms with Gasteiger partial charge in [-0.05, 0) is 37.5 Å². The number of ether oxygens (including phenoxy) is 2. The van der Waals surface area contributed by atoms with Gasteiger partial charge in [-0.2, -0.15) is 0 Å². The molecule has 0 aliphatic heterocycles. The Morgan fingerprint density at radius 3 is 2.83 bits per heavy atom. The van der Waals surface area contributed by atoms with Crippen LogP contribution < -0.4 is 10.6 Å². The Kier molecular flexibility index (Phi) is 11.3. The minimum absolute atomic E-state index is 0.636. The van der Waals surface area contributed by atoms with E-state index in [0.717, 1.165) is 43.5 Å². The van der Waals surface area contributed by atoms with Crippen molar-refractivity contribution >= 4 is 17.6 Å². The topological polar surface area (TPSA) is 54.9 Å². The lowest BCUT2D eigenvalue weighted by molar-refractivity contribution is 0.0702. The van der Waals surface area contributed by atoms with Crippen molar-refractivity contribution < 1.29 is 9.47 Å². The van der Waals surface area contributed by atoms with Gasteiger partial charge in [0.05, 0.1) is 13.2 Å². The van der Waals surface area contributed by atoms with Gasteiger partial charge in [-0.15, -0.1) is 0 Å². The molecule has 6 heteroatoms. The first-order valence-corrected chi connectivity index (χ1v) is 8.47. The first-order chi connectivity index (χ1) is 11.3. The smallest absolute Gasteiger partial charge is 0.191 e. The van der Waals surface area contributed by atoms with E-state index < -0.39 is 0 Å². The van der Waals surface area contributed by atoms with Gasteiger partial charge in [-0.1, -0.05) is 23.7 Å². The molecule has 0 amide bonds. The van der Waals surface area contributed by atoms with Gasteiger partial charge in [0.1, 0.15) is 0 Å². The summed E-state index contributed by atoms with van der Waals surface area (Å²) in [6, 6.07) is 7.93. The van der Waals surface area contributed by atoms with Crippen molar-refractivity contribution in [3.8, 4) is 0 Å². The number of benzene rings is 1. The summed E-state index contributed by atoms with van der Waals surface area (Å²) in [5.41, 5.74) is 1.22. The highest BCUT2D eigenvalue weighted by molar-refractivity contribution is 6.30. The van der Waals surface area contributed by atoms with Gasteiger partial charge < -0.3 is 20.1 Å². The molecule has 0 aliphatic rings. The Labute approximate surface area is 144 Å². The van der Waals surface area contributed by atoms with E-state index in [1.54, 1.807) is 7.11 Å². The number of nitrogens with one attached hydrogen (secondary N) is 2. The second-order valence-corrected chi connectivity index (χ2v) is 5.46. The maximum absolute atomic E-state index is 5.99. The van der Waals surface area contributed by atoms with E-state index in [1.165, 1.54) is 5.56 Å². The zero-order valence-electron chi connectivity index (χ0n) is 14.1. The van der Waals surface area contributed by atoms with Crippen LogP contribution in [0.2, 0.25) is 5.02 Å². The third kappa shape index (κ3) is 10.2. The molecule has 0 unspecified atom stereocenters. The maximum Gasteiger partial charge on any atom is 0.191 e. The monoisotopic (exact) mass is 341 g/mol. The molecule has 1 rings (SSSR count). The van der Waals surface area contributed by atoms with E-state index in [4.69, 9.17) is 21.1 Å². The van der Waals surface area contributed by atoms with Gasteiger partial charge >= 0.3 is 0 Å². The minimum Gasteiger partial charge on any atom is -0.382 e. The van der Waals surface area contributed by atoms with Crippen LogP contribution in [0.15, 0.2) is 29.3 Å². The van der Waals surface area contributed by atoms with E-state index in [2.05, 4.69) is 28.6 Å². The normalized spacial score (nSPS) is 11.5. The number of nitrogens with zero attached hydrogens (tertiary/aromatic N) is 1. The lowest BCUT2D eigenvalue weighted by Crippen LogP contribution is -2.38. The van der Waals surface area contributed by atoms with Gasteiger partial charge in [-0.25, -0.2) is 0 Å². The predicted octanol–water partition coefficient (Wildman–Crippen LogP) is 2.49. The van der Waals surface area contributed by atoms with Crippen molar-refractivity contribution in [3.63, 3.8) is 0 Å². The van der Waals surface area contributed by atoms with Crippen LogP contribution in [0.4, 0.5) is 0 Å². The number of methoxy groups -OCH3 is 1. The molecule has 0 bridgehead atoms. The van der Waals surface area contributed by atoms with Crippen LogP contribution in [-0.4, -0.2) is 52.5 Å². The molecule has 0 radical (unpaired) electrons. The molecule has 1 aromatic rings. The lowest BCUT2D eigenvalue weighted by atomic mass is 10.1. The summed E-state index contributed by atoms with van der Waals surface area (Å²) in [6.45, 7) is 6.43. The fraction of sp³-hybridized carbons (Fsp3) is 0.588. The molecule has 0 spiro atoms. The summed E-state index contributed by atoms with van der Waals surface area (Å²) in [7, 11) is 1.67. The Bertz CT molecular complexity index is 455. The highest BCUT2D eigenvalue weighted by Gasteiger charge is 1.98. The molecular formula is C17H28ClN3O2. The zero-order chi connectivity index (χ0) is 16.8. The fourth-order valence-corrected chi connectivity index (χ4v) is 2.17. The molecule has 0 heterocycles. The van der Waals surface area contributed by atoms with Gasteiger partial charge in [0, 0.05) is 38.4 Å². The van der Waals surface area contributed by atoms with Gasteiger partial charge in [-0.3, -0.25) is 4.99 Å². The van der Waals surface area contributed by atoms with Gasteiger partial charge in [0.2, 0.25) is 0 Å². The largest absolute Gasteiger partial charge is 0.382 e. The number of guanidine groups is 1. The SMILES string of the molecule is CCNC(=NCCCOCCOC)NCCc1cccc(Cl)c1. The van der Waals surface area contributed by atoms with Crippen molar-refractivity contribution in [2.24, 2.45) is 4.99 Å². The molecule has 2 N–H and O–H groups in total. The summed E-state index contributed by atoms with van der Waals surface area (Å²) in [5, 5.41) is 7.35. The third-order valence-corrected chi connectivity index (χ3v) is 3.32. The van der Waals surface area contributed by atoms with Crippen LogP contribution in [0.5, 0.6) is 0 Å². The summed E-state index contributed by atoms with van der Waals surface area (Å²) in [5.74, 6) is 0.839. The summed E-state index contributed by atoms with van der Waals surface area (Å²) in [6.07, 6.45) is 1.81. The number of rotatable bonds is 11. The average molecular weight is 342 g/mol. The maximum atomic E-state index is 5.99. The number of halogens is 1. The van der Waals surface area contributed by atoms with Crippen LogP contribution in [0, 0.1) is 0 Å². The van der Waals surface area contributed by atoms with Crippen LogP contribution in [-0.2, 0) is 15.9 Å². The highest BCUT2D eigenvalue weighted by Crippen LogP contribution is 2.10. The molecule has 1 aromatic carbocycles. The van der Waals surface area contributed by atoms with Crippen LogP contribution in [0.25, 0.3) is 0 Å². The van der Waals surface area contributed by atoms with Gasteiger partial charge in [0.25, 0.3) is 0 Å². The van der Waals surface area contributed by atoms with E-state index in [0.29, 0.717) is 19.8 Å². The Hall–Kier alpha value is -1.30. The number of aliphatic imine (C=N–C) groups is 1. The van der Waals surface area contributed by atoms with Crippen LogP contribution in [0.1, 0.15) is 18.9 Å². The molecule has 0 atom stereocenters. The Balaban J connectivity index is 2.23. The molecule has 0 aromatic heterocycles. The molecule has 0 saturated carbocycles. The second kappa shape index (κ2) is 13.2. The number of hydrogen-bond donors (Lipinski definition) is 2. The van der Waals surface area contributed by atoms with Crippen molar-refractivity contribution in [1.82, 2.24) is 10.6 Å². The van der Waals surface area contributed by atoms with Crippen LogP contribution >= 0.6 is 11.6 Å². The highest BCUT2D eigenvalue weighted by atomic mass is 35.5. The Morgan fingerprint density at radius 2 is 2.09 bits per heavy atom. The van der Waals surface area contributed by atoms with E-state index in [9.17, 15) is 0 Å². The summed E-state index contributed by atoms with van der Waals surface area (Å²) >= 11 is 5.99. The molecule has 5 nitrogen and oxygen atoms in total. The van der Waals surface area contributed by atoms with E-state index >= 15 is 0 Å². The standard InChI is InChI=1S/C17H28ClN3O2/c1-3-19-17(20-9-5-11-23-13-12-22-2)21-10-8-15-6-4-7-16(18)14-15/h4,6-7,14H,3,5,8-13H2,1-2H3,(H2,19,20,21). The third-order valence-electron chi connectivity index (χ3n) is 3.09. The van der Waals surface area contributed by atoms with E-state index in [1.807, 2.05) is 18.2 Å². The zero-order valence-corrected chi connectivity index (χ0v) is 14.9. The summed E-state index contributed by atoms with van der Waals surface area (Å²) < 4.78 is 10.3. The van der Waals surface area contributed by atoms with Crippen molar-refractivity contribution in [1.29, 1.82) is 0 Å². The average Bonchev–Trinajstić information content (AvgIpc) is 2.54. The van der Waals surface area contributed by atoms with Crippen LogP contribution in [0.3, 0.4) is 0 Å². The quantitative estimate of drug-likeness (QED) is 0.369. The molecule has 23 heavy (non-hydrogen) atoms. The van der Waals surface area contributed by atoms with Crippen molar-refractivity contribution in [3.05, 3.63) is 34.9 Å². The van der Waals surface area contributed by atoms with E-state index in [-0.39, 0.29) is 0 Å². The molecule has 0 aliphatic carbocycles. The van der Waals surface area contributed by atoms with Gasteiger partial charge in [0.15, 0.2) is 5.96 Å². The Morgan fingerprint density at radius 1 is 1.22 bits per heavy atom. The molecule has 130 valence electrons. The minimum atomic E-state index is 0.636. The first-order valence-electron chi connectivity index (χ1n) is 8.09. The predicted molar refractivity (Wildman–Crippen MR) is 96.4 cm³/mol. The van der Waals surface area contributed by atoms with Crippen molar-refractivity contribution in [2.45, 2.75) is 19.8 Å². The first kappa shape index (κ1) is 19.7. The number of hydrogen-bond acceptors (Lipinski definition) is 3. The molecule has 0 saturated heterocycles. The second-order valence-electron chi connectivity index (χ2n) is 5.03. The fourth-order valence-electron chi connectivity index (χ4n) is 1.96.